The van der Waals surface area contributed by atoms with E-state index in [1.165, 1.54) is 30.6 Å². The summed E-state index contributed by atoms with van der Waals surface area (Å²) in [5.74, 6) is 0.283. The molecular formula is C11H8F3N3O. The van der Waals surface area contributed by atoms with Crippen molar-refractivity contribution in [2.24, 2.45) is 0 Å². The van der Waals surface area contributed by atoms with E-state index < -0.39 is 6.36 Å². The van der Waals surface area contributed by atoms with Gasteiger partial charge in [0.15, 0.2) is 0 Å². The first-order valence-corrected chi connectivity index (χ1v) is 4.92. The van der Waals surface area contributed by atoms with Crippen molar-refractivity contribution in [3.63, 3.8) is 0 Å². The average molecular weight is 255 g/mol. The highest BCUT2D eigenvalue weighted by atomic mass is 19.4. The Bertz CT molecular complexity index is 499. The van der Waals surface area contributed by atoms with Crippen LogP contribution in [0.3, 0.4) is 0 Å². The molecule has 0 saturated carbocycles. The minimum absolute atomic E-state index is 0.268. The number of ether oxygens (including phenoxy) is 1. The van der Waals surface area contributed by atoms with E-state index in [4.69, 9.17) is 0 Å². The van der Waals surface area contributed by atoms with Crippen LogP contribution >= 0.6 is 0 Å². The number of rotatable bonds is 3. The first kappa shape index (κ1) is 12.2. The van der Waals surface area contributed by atoms with Crippen molar-refractivity contribution >= 4 is 11.5 Å². The molecule has 94 valence electrons. The molecule has 1 N–H and O–H groups in total. The van der Waals surface area contributed by atoms with E-state index in [-0.39, 0.29) is 5.75 Å². The van der Waals surface area contributed by atoms with E-state index in [0.717, 1.165) is 0 Å². The van der Waals surface area contributed by atoms with Gasteiger partial charge < -0.3 is 10.1 Å². The van der Waals surface area contributed by atoms with E-state index in [1.54, 1.807) is 12.3 Å². The molecule has 0 fully saturated rings. The lowest BCUT2D eigenvalue weighted by molar-refractivity contribution is -0.274. The highest BCUT2D eigenvalue weighted by Gasteiger charge is 2.30. The second-order valence-electron chi connectivity index (χ2n) is 3.29. The number of halogens is 3. The minimum atomic E-state index is -4.68. The summed E-state index contributed by atoms with van der Waals surface area (Å²) in [6.07, 6.45) is -1.76. The monoisotopic (exact) mass is 255 g/mol. The second-order valence-corrected chi connectivity index (χ2v) is 3.29. The molecular weight excluding hydrogens is 247 g/mol. The third-order valence-corrected chi connectivity index (χ3v) is 1.94. The van der Waals surface area contributed by atoms with Gasteiger partial charge in [0.2, 0.25) is 0 Å². The minimum Gasteiger partial charge on any atom is -0.406 e. The molecule has 0 amide bonds. The molecule has 18 heavy (non-hydrogen) atoms. The van der Waals surface area contributed by atoms with Gasteiger partial charge in [0.05, 0.1) is 0 Å². The van der Waals surface area contributed by atoms with Crippen molar-refractivity contribution in [3.8, 4) is 5.75 Å². The highest BCUT2D eigenvalue weighted by Crippen LogP contribution is 2.24. The molecule has 7 heteroatoms. The smallest absolute Gasteiger partial charge is 0.406 e. The predicted octanol–water partition coefficient (Wildman–Crippen LogP) is 3.12. The lowest BCUT2D eigenvalue weighted by Gasteiger charge is -2.09. The van der Waals surface area contributed by atoms with E-state index >= 15 is 0 Å². The van der Waals surface area contributed by atoms with Gasteiger partial charge >= 0.3 is 6.36 Å². The summed E-state index contributed by atoms with van der Waals surface area (Å²) in [5.41, 5.74) is 0.600. The van der Waals surface area contributed by atoms with Gasteiger partial charge in [-0.3, -0.25) is 0 Å². The fourth-order valence-corrected chi connectivity index (χ4v) is 1.25. The number of aromatic nitrogens is 2. The van der Waals surface area contributed by atoms with Crippen molar-refractivity contribution in [1.82, 2.24) is 9.97 Å². The van der Waals surface area contributed by atoms with Crippen molar-refractivity contribution < 1.29 is 17.9 Å². The molecule has 0 unspecified atom stereocenters. The maximum absolute atomic E-state index is 11.9. The number of anilines is 2. The highest BCUT2D eigenvalue weighted by molar-refractivity contribution is 5.56. The lowest BCUT2D eigenvalue weighted by Crippen LogP contribution is -2.16. The number of benzene rings is 1. The van der Waals surface area contributed by atoms with Gasteiger partial charge in [0, 0.05) is 11.9 Å². The Balaban J connectivity index is 2.04. The summed E-state index contributed by atoms with van der Waals surface area (Å²) < 4.78 is 39.6. The van der Waals surface area contributed by atoms with Crippen LogP contribution in [0.2, 0.25) is 0 Å². The maximum Gasteiger partial charge on any atom is 0.573 e. The summed E-state index contributed by atoms with van der Waals surface area (Å²) in [5, 5.41) is 2.91. The van der Waals surface area contributed by atoms with Crippen LogP contribution in [0.25, 0.3) is 0 Å². The van der Waals surface area contributed by atoms with Gasteiger partial charge in [0.25, 0.3) is 0 Å². The molecule has 0 aliphatic heterocycles. The number of nitrogens with one attached hydrogen (secondary N) is 1. The Morgan fingerprint density at radius 3 is 2.33 bits per heavy atom. The third kappa shape index (κ3) is 3.62. The van der Waals surface area contributed by atoms with Crippen LogP contribution in [0.1, 0.15) is 0 Å². The average Bonchev–Trinajstić information content (AvgIpc) is 2.31. The summed E-state index contributed by atoms with van der Waals surface area (Å²) in [7, 11) is 0. The van der Waals surface area contributed by atoms with Crippen LogP contribution in [0.5, 0.6) is 5.75 Å². The Morgan fingerprint density at radius 2 is 1.78 bits per heavy atom. The van der Waals surface area contributed by atoms with Crippen molar-refractivity contribution in [2.45, 2.75) is 6.36 Å². The Hall–Kier alpha value is -2.31. The van der Waals surface area contributed by atoms with Crippen molar-refractivity contribution in [3.05, 3.63) is 42.9 Å². The van der Waals surface area contributed by atoms with Crippen molar-refractivity contribution in [2.75, 3.05) is 5.32 Å². The Kier molecular flexibility index (Phi) is 3.31. The number of nitrogens with zero attached hydrogens (tertiary/aromatic N) is 2. The molecule has 2 rings (SSSR count). The van der Waals surface area contributed by atoms with E-state index in [2.05, 4.69) is 20.0 Å². The molecule has 1 aromatic heterocycles. The van der Waals surface area contributed by atoms with Gasteiger partial charge in [-0.2, -0.15) is 0 Å². The summed E-state index contributed by atoms with van der Waals surface area (Å²) in [6, 6.07) is 7.00. The van der Waals surface area contributed by atoms with Crippen LogP contribution in [0.4, 0.5) is 24.7 Å². The van der Waals surface area contributed by atoms with E-state index in [9.17, 15) is 13.2 Å². The Labute approximate surface area is 100 Å². The summed E-state index contributed by atoms with van der Waals surface area (Å²) in [4.78, 5) is 7.67. The standard InChI is InChI=1S/C11H8F3N3O/c12-11(13,14)18-9-3-1-8(2-4-9)17-10-5-6-15-7-16-10/h1-7H,(H,15,16,17). The van der Waals surface area contributed by atoms with Crippen LogP contribution in [-0.2, 0) is 0 Å². The maximum atomic E-state index is 11.9. The fraction of sp³-hybridized carbons (Fsp3) is 0.0909. The zero-order chi connectivity index (χ0) is 13.0. The first-order chi connectivity index (χ1) is 8.53. The molecule has 1 aromatic carbocycles. The van der Waals surface area contributed by atoms with Crippen LogP contribution in [0.15, 0.2) is 42.9 Å². The zero-order valence-corrected chi connectivity index (χ0v) is 8.98. The predicted molar refractivity (Wildman–Crippen MR) is 58.4 cm³/mol. The molecule has 4 nitrogen and oxygen atoms in total. The lowest BCUT2D eigenvalue weighted by atomic mass is 10.3. The van der Waals surface area contributed by atoms with E-state index in [0.29, 0.717) is 11.5 Å². The number of hydrogen-bond acceptors (Lipinski definition) is 4. The number of alkyl halides is 3. The van der Waals surface area contributed by atoms with Gasteiger partial charge in [0.1, 0.15) is 17.9 Å². The molecule has 0 spiro atoms. The molecule has 1 heterocycles. The summed E-state index contributed by atoms with van der Waals surface area (Å²) in [6.45, 7) is 0. The summed E-state index contributed by atoms with van der Waals surface area (Å²) >= 11 is 0. The van der Waals surface area contributed by atoms with Crippen LogP contribution in [-0.4, -0.2) is 16.3 Å². The Morgan fingerprint density at radius 1 is 1.06 bits per heavy atom. The normalized spacial score (nSPS) is 11.1. The molecule has 0 saturated heterocycles. The second kappa shape index (κ2) is 4.91. The molecule has 0 atom stereocenters. The molecule has 0 radical (unpaired) electrons. The number of hydrogen-bond donors (Lipinski definition) is 1. The van der Waals surface area contributed by atoms with Crippen LogP contribution < -0.4 is 10.1 Å². The SMILES string of the molecule is FC(F)(F)Oc1ccc(Nc2ccncn2)cc1. The quantitative estimate of drug-likeness (QED) is 0.915. The third-order valence-electron chi connectivity index (χ3n) is 1.94. The van der Waals surface area contributed by atoms with Gasteiger partial charge in [-0.15, -0.1) is 13.2 Å². The van der Waals surface area contributed by atoms with Gasteiger partial charge in [-0.25, -0.2) is 9.97 Å². The zero-order valence-electron chi connectivity index (χ0n) is 8.98. The van der Waals surface area contributed by atoms with Crippen LogP contribution in [0, 0.1) is 0 Å². The molecule has 0 aliphatic carbocycles. The largest absolute Gasteiger partial charge is 0.573 e. The van der Waals surface area contributed by atoms with E-state index in [1.807, 2.05) is 0 Å². The van der Waals surface area contributed by atoms with Gasteiger partial charge in [-0.1, -0.05) is 0 Å². The molecule has 2 aromatic rings. The van der Waals surface area contributed by atoms with Crippen molar-refractivity contribution in [1.29, 1.82) is 0 Å². The van der Waals surface area contributed by atoms with Gasteiger partial charge in [-0.05, 0) is 30.3 Å². The molecule has 0 aliphatic rings. The molecule has 0 bridgehead atoms. The topological polar surface area (TPSA) is 47.0 Å². The first-order valence-electron chi connectivity index (χ1n) is 4.92. The fourth-order valence-electron chi connectivity index (χ4n) is 1.25.